The van der Waals surface area contributed by atoms with Crippen molar-refractivity contribution in [2.24, 2.45) is 0 Å². The summed E-state index contributed by atoms with van der Waals surface area (Å²) < 4.78 is 5.15. The summed E-state index contributed by atoms with van der Waals surface area (Å²) in [6, 6.07) is 6.97. The number of nitrogens with one attached hydrogen (secondary N) is 2. The maximum atomic E-state index is 12.2. The van der Waals surface area contributed by atoms with Gasteiger partial charge in [-0.1, -0.05) is 12.1 Å². The first kappa shape index (κ1) is 17.2. The number of benzene rings is 1. The number of hydrogen-bond acceptors (Lipinski definition) is 3. The highest BCUT2D eigenvalue weighted by molar-refractivity contribution is 6.03. The third-order valence-corrected chi connectivity index (χ3v) is 2.61. The highest BCUT2D eigenvalue weighted by Gasteiger charge is 2.18. The topological polar surface area (TPSA) is 67.4 Å². The summed E-state index contributed by atoms with van der Waals surface area (Å²) in [6.07, 6.45) is 0.267. The molecule has 5 nitrogen and oxygen atoms in total. The lowest BCUT2D eigenvalue weighted by molar-refractivity contribution is -0.117. The van der Waals surface area contributed by atoms with Crippen molar-refractivity contribution in [1.29, 1.82) is 0 Å². The number of rotatable bonds is 6. The number of carbonyl (C=O) groups excluding carboxylic acids is 2. The summed E-state index contributed by atoms with van der Waals surface area (Å²) in [4.78, 5) is 24.1. The van der Waals surface area contributed by atoms with E-state index in [2.05, 4.69) is 10.6 Å². The van der Waals surface area contributed by atoms with Crippen molar-refractivity contribution in [3.8, 4) is 0 Å². The minimum absolute atomic E-state index is 0.167. The Labute approximate surface area is 126 Å². The zero-order chi connectivity index (χ0) is 15.9. The van der Waals surface area contributed by atoms with Crippen LogP contribution in [-0.4, -0.2) is 30.6 Å². The highest BCUT2D eigenvalue weighted by atomic mass is 16.5. The van der Waals surface area contributed by atoms with Crippen LogP contribution in [0.3, 0.4) is 0 Å². The molecule has 0 fully saturated rings. The van der Waals surface area contributed by atoms with Crippen LogP contribution in [0.5, 0.6) is 0 Å². The van der Waals surface area contributed by atoms with Gasteiger partial charge in [-0.05, 0) is 39.8 Å². The molecule has 0 bridgehead atoms. The van der Waals surface area contributed by atoms with Crippen LogP contribution in [0.2, 0.25) is 0 Å². The molecule has 0 aliphatic carbocycles. The van der Waals surface area contributed by atoms with Crippen molar-refractivity contribution >= 4 is 17.5 Å². The molecular weight excluding hydrogens is 268 g/mol. The van der Waals surface area contributed by atoms with E-state index in [9.17, 15) is 9.59 Å². The molecule has 2 amide bonds. The second kappa shape index (κ2) is 7.78. The second-order valence-corrected chi connectivity index (χ2v) is 5.74. The molecule has 2 N–H and O–H groups in total. The third-order valence-electron chi connectivity index (χ3n) is 2.61. The van der Waals surface area contributed by atoms with E-state index in [1.807, 2.05) is 27.7 Å². The van der Waals surface area contributed by atoms with Gasteiger partial charge in [-0.2, -0.15) is 0 Å². The van der Waals surface area contributed by atoms with Gasteiger partial charge in [0.25, 0.3) is 5.91 Å². The van der Waals surface area contributed by atoms with Gasteiger partial charge in [-0.25, -0.2) is 0 Å². The Bertz CT molecular complexity index is 493. The van der Waals surface area contributed by atoms with Gasteiger partial charge >= 0.3 is 0 Å². The fraction of sp³-hybridized carbons (Fsp3) is 0.500. The lowest BCUT2D eigenvalue weighted by Crippen LogP contribution is -2.40. The van der Waals surface area contributed by atoms with Gasteiger partial charge in [0.2, 0.25) is 5.91 Å². The maximum absolute atomic E-state index is 12.2. The van der Waals surface area contributed by atoms with Crippen LogP contribution in [0.4, 0.5) is 5.69 Å². The van der Waals surface area contributed by atoms with E-state index in [0.29, 0.717) is 24.5 Å². The largest absolute Gasteiger partial charge is 0.381 e. The Hall–Kier alpha value is -1.88. The molecule has 0 radical (unpaired) electrons. The molecule has 0 saturated carbocycles. The number of ether oxygens (including phenoxy) is 1. The lowest BCUT2D eigenvalue weighted by atomic mass is 10.1. The van der Waals surface area contributed by atoms with Crippen LogP contribution in [0.1, 0.15) is 44.5 Å². The second-order valence-electron chi connectivity index (χ2n) is 5.74. The minimum atomic E-state index is -0.330. The molecule has 1 aromatic rings. The Balaban J connectivity index is 2.75. The van der Waals surface area contributed by atoms with Crippen LogP contribution in [0.25, 0.3) is 0 Å². The van der Waals surface area contributed by atoms with Crippen molar-refractivity contribution < 1.29 is 14.3 Å². The quantitative estimate of drug-likeness (QED) is 0.792. The summed E-state index contributed by atoms with van der Waals surface area (Å²) >= 11 is 0. The Kier molecular flexibility index (Phi) is 6.37. The summed E-state index contributed by atoms with van der Waals surface area (Å²) in [7, 11) is 0. The molecule has 21 heavy (non-hydrogen) atoms. The van der Waals surface area contributed by atoms with E-state index < -0.39 is 0 Å². The first-order chi connectivity index (χ1) is 9.83. The molecule has 5 heteroatoms. The Morgan fingerprint density at radius 1 is 1.19 bits per heavy atom. The number of anilines is 1. The average Bonchev–Trinajstić information content (AvgIpc) is 2.37. The van der Waals surface area contributed by atoms with Gasteiger partial charge in [0.05, 0.1) is 24.3 Å². The standard InChI is InChI=1S/C16H24N2O3/c1-5-21-11-10-14(19)17-13-9-7-6-8-12(13)15(20)18-16(2,3)4/h6-9H,5,10-11H2,1-4H3,(H,17,19)(H,18,20). The molecule has 0 spiro atoms. The smallest absolute Gasteiger partial charge is 0.253 e. The molecule has 0 saturated heterocycles. The van der Waals surface area contributed by atoms with E-state index >= 15 is 0 Å². The first-order valence-corrected chi connectivity index (χ1v) is 7.12. The third kappa shape index (κ3) is 6.40. The van der Waals surface area contributed by atoms with E-state index in [1.54, 1.807) is 24.3 Å². The number of carbonyl (C=O) groups is 2. The van der Waals surface area contributed by atoms with E-state index in [4.69, 9.17) is 4.74 Å². The SMILES string of the molecule is CCOCCC(=O)Nc1ccccc1C(=O)NC(C)(C)C. The molecular formula is C16H24N2O3. The van der Waals surface area contributed by atoms with Crippen molar-refractivity contribution in [3.05, 3.63) is 29.8 Å². The van der Waals surface area contributed by atoms with Gasteiger partial charge in [-0.15, -0.1) is 0 Å². The zero-order valence-electron chi connectivity index (χ0n) is 13.2. The monoisotopic (exact) mass is 292 g/mol. The summed E-state index contributed by atoms with van der Waals surface area (Å²) in [6.45, 7) is 8.57. The predicted molar refractivity (Wildman–Crippen MR) is 83.4 cm³/mol. The van der Waals surface area contributed by atoms with Crippen LogP contribution < -0.4 is 10.6 Å². The van der Waals surface area contributed by atoms with Crippen LogP contribution in [-0.2, 0) is 9.53 Å². The maximum Gasteiger partial charge on any atom is 0.253 e. The van der Waals surface area contributed by atoms with E-state index in [0.717, 1.165) is 0 Å². The normalized spacial score (nSPS) is 11.0. The first-order valence-electron chi connectivity index (χ1n) is 7.12. The van der Waals surface area contributed by atoms with E-state index in [1.165, 1.54) is 0 Å². The van der Waals surface area contributed by atoms with Gasteiger partial charge in [0.15, 0.2) is 0 Å². The molecule has 0 atom stereocenters. The molecule has 116 valence electrons. The van der Waals surface area contributed by atoms with E-state index in [-0.39, 0.29) is 23.8 Å². The fourth-order valence-electron chi connectivity index (χ4n) is 1.72. The molecule has 0 unspecified atom stereocenters. The van der Waals surface area contributed by atoms with Crippen LogP contribution in [0.15, 0.2) is 24.3 Å². The fourth-order valence-corrected chi connectivity index (χ4v) is 1.72. The van der Waals surface area contributed by atoms with Gasteiger partial charge in [0.1, 0.15) is 0 Å². The molecule has 0 aliphatic rings. The molecule has 0 aromatic heterocycles. The van der Waals surface area contributed by atoms with Crippen molar-refractivity contribution in [2.75, 3.05) is 18.5 Å². The molecule has 0 heterocycles. The molecule has 1 aromatic carbocycles. The summed E-state index contributed by atoms with van der Waals surface area (Å²) in [5, 5.41) is 5.64. The number of hydrogen-bond donors (Lipinski definition) is 2. The average molecular weight is 292 g/mol. The van der Waals surface area contributed by atoms with Crippen molar-refractivity contribution in [1.82, 2.24) is 5.32 Å². The van der Waals surface area contributed by atoms with Gasteiger partial charge < -0.3 is 15.4 Å². The minimum Gasteiger partial charge on any atom is -0.381 e. The van der Waals surface area contributed by atoms with Crippen molar-refractivity contribution in [3.63, 3.8) is 0 Å². The highest BCUT2D eigenvalue weighted by Crippen LogP contribution is 2.16. The van der Waals surface area contributed by atoms with Crippen LogP contribution in [0, 0.1) is 0 Å². The van der Waals surface area contributed by atoms with Crippen LogP contribution >= 0.6 is 0 Å². The Morgan fingerprint density at radius 3 is 2.48 bits per heavy atom. The molecule has 1 rings (SSSR count). The number of para-hydroxylation sites is 1. The van der Waals surface area contributed by atoms with Gasteiger partial charge in [0, 0.05) is 12.1 Å². The zero-order valence-corrected chi connectivity index (χ0v) is 13.2. The predicted octanol–water partition coefficient (Wildman–Crippen LogP) is 2.58. The summed E-state index contributed by atoms with van der Waals surface area (Å²) in [5.74, 6) is -0.373. The Morgan fingerprint density at radius 2 is 1.86 bits per heavy atom. The summed E-state index contributed by atoms with van der Waals surface area (Å²) in [5.41, 5.74) is 0.640. The van der Waals surface area contributed by atoms with Gasteiger partial charge in [-0.3, -0.25) is 9.59 Å². The lowest BCUT2D eigenvalue weighted by Gasteiger charge is -2.21. The molecule has 0 aliphatic heterocycles. The van der Waals surface area contributed by atoms with Crippen molar-refractivity contribution in [2.45, 2.75) is 39.7 Å². The number of amides is 2.